The molecule has 120 valence electrons. The molecule has 0 saturated heterocycles. The second kappa shape index (κ2) is 8.19. The average Bonchev–Trinajstić information content (AvgIpc) is 2.38. The van der Waals surface area contributed by atoms with Crippen molar-refractivity contribution in [3.63, 3.8) is 0 Å². The Hall–Kier alpha value is -0.540. The Morgan fingerprint density at radius 2 is 1.95 bits per heavy atom. The smallest absolute Gasteiger partial charge is 0.133 e. The van der Waals surface area contributed by atoms with E-state index in [1.54, 1.807) is 7.11 Å². The minimum Gasteiger partial charge on any atom is -0.496 e. The van der Waals surface area contributed by atoms with E-state index in [2.05, 4.69) is 68.0 Å². The number of halogens is 1. The third-order valence-corrected chi connectivity index (χ3v) is 4.93. The highest BCUT2D eigenvalue weighted by atomic mass is 79.9. The van der Waals surface area contributed by atoms with Crippen LogP contribution in [0.2, 0.25) is 0 Å². The van der Waals surface area contributed by atoms with E-state index in [9.17, 15) is 0 Å². The number of nitrogens with one attached hydrogen (secondary N) is 1. The molecule has 1 aromatic rings. The molecule has 0 spiro atoms. The van der Waals surface area contributed by atoms with Crippen LogP contribution in [-0.2, 0) is 6.42 Å². The number of methoxy groups -OCH3 is 1. The Labute approximate surface area is 138 Å². The van der Waals surface area contributed by atoms with E-state index >= 15 is 0 Å². The van der Waals surface area contributed by atoms with Gasteiger partial charge >= 0.3 is 0 Å². The summed E-state index contributed by atoms with van der Waals surface area (Å²) in [6, 6.07) is 6.89. The van der Waals surface area contributed by atoms with Crippen LogP contribution in [0.1, 0.15) is 46.6 Å². The monoisotopic (exact) mass is 355 g/mol. The molecule has 0 heterocycles. The average molecular weight is 356 g/mol. The Morgan fingerprint density at radius 3 is 2.43 bits per heavy atom. The Morgan fingerprint density at radius 1 is 1.29 bits per heavy atom. The van der Waals surface area contributed by atoms with Crippen molar-refractivity contribution in [1.82, 2.24) is 5.32 Å². The molecule has 0 aromatic heterocycles. The summed E-state index contributed by atoms with van der Waals surface area (Å²) in [6.07, 6.45) is 2.25. The van der Waals surface area contributed by atoms with Crippen LogP contribution in [0.15, 0.2) is 22.7 Å². The summed E-state index contributed by atoms with van der Waals surface area (Å²) >= 11 is 3.57. The van der Waals surface area contributed by atoms with Crippen molar-refractivity contribution in [2.45, 2.75) is 53.5 Å². The van der Waals surface area contributed by atoms with Gasteiger partial charge in [-0.1, -0.05) is 40.7 Å². The van der Waals surface area contributed by atoms with E-state index < -0.39 is 0 Å². The normalized spacial score (nSPS) is 14.8. The molecule has 0 aliphatic carbocycles. The number of likely N-dealkylation sites (N-methyl/N-ethyl adjacent to an activating group) is 1. The second-order valence-corrected chi connectivity index (χ2v) is 7.78. The van der Waals surface area contributed by atoms with Crippen molar-refractivity contribution < 1.29 is 4.74 Å². The minimum absolute atomic E-state index is 0.355. The van der Waals surface area contributed by atoms with Crippen LogP contribution in [0.25, 0.3) is 0 Å². The highest BCUT2D eigenvalue weighted by Crippen LogP contribution is 2.31. The van der Waals surface area contributed by atoms with Crippen LogP contribution < -0.4 is 10.1 Å². The highest BCUT2D eigenvalue weighted by Gasteiger charge is 2.23. The predicted molar refractivity (Wildman–Crippen MR) is 95.1 cm³/mol. The third-order valence-electron chi connectivity index (χ3n) is 4.31. The lowest BCUT2D eigenvalue weighted by Gasteiger charge is -2.31. The largest absolute Gasteiger partial charge is 0.496 e. The maximum atomic E-state index is 5.30. The SMILES string of the molecule is CCNC(Cc1ccc(OC)c(Br)c1)CC(C)C(C)(C)C. The highest BCUT2D eigenvalue weighted by molar-refractivity contribution is 9.10. The summed E-state index contributed by atoms with van der Waals surface area (Å²) in [5.41, 5.74) is 1.70. The lowest BCUT2D eigenvalue weighted by Crippen LogP contribution is -2.35. The van der Waals surface area contributed by atoms with E-state index in [-0.39, 0.29) is 0 Å². The summed E-state index contributed by atoms with van der Waals surface area (Å²) in [6.45, 7) is 12.5. The van der Waals surface area contributed by atoms with Crippen LogP contribution in [0.4, 0.5) is 0 Å². The zero-order valence-corrected chi connectivity index (χ0v) is 15.9. The Balaban J connectivity index is 2.76. The molecule has 21 heavy (non-hydrogen) atoms. The number of hydrogen-bond donors (Lipinski definition) is 1. The van der Waals surface area contributed by atoms with Gasteiger partial charge in [0.2, 0.25) is 0 Å². The van der Waals surface area contributed by atoms with E-state index in [1.807, 2.05) is 6.07 Å². The molecule has 0 fully saturated rings. The van der Waals surface area contributed by atoms with Gasteiger partial charge in [0.1, 0.15) is 5.75 Å². The first-order valence-corrected chi connectivity index (χ1v) is 8.63. The molecule has 2 atom stereocenters. The molecule has 2 nitrogen and oxygen atoms in total. The van der Waals surface area contributed by atoms with E-state index in [1.165, 1.54) is 12.0 Å². The van der Waals surface area contributed by atoms with Crippen LogP contribution >= 0.6 is 15.9 Å². The number of ether oxygens (including phenoxy) is 1. The molecule has 2 unspecified atom stereocenters. The van der Waals surface area contributed by atoms with Gasteiger partial charge in [0, 0.05) is 6.04 Å². The van der Waals surface area contributed by atoms with Crippen molar-refractivity contribution in [3.8, 4) is 5.75 Å². The van der Waals surface area contributed by atoms with Gasteiger partial charge in [-0.2, -0.15) is 0 Å². The fraction of sp³-hybridized carbons (Fsp3) is 0.667. The van der Waals surface area contributed by atoms with Gasteiger partial charge in [0.15, 0.2) is 0 Å². The van der Waals surface area contributed by atoms with E-state index in [0.717, 1.165) is 23.2 Å². The first kappa shape index (κ1) is 18.5. The summed E-state index contributed by atoms with van der Waals surface area (Å²) in [4.78, 5) is 0. The molecule has 1 N–H and O–H groups in total. The molecule has 1 rings (SSSR count). The number of hydrogen-bond acceptors (Lipinski definition) is 2. The summed E-state index contributed by atoms with van der Waals surface area (Å²) < 4.78 is 6.33. The first-order chi connectivity index (χ1) is 9.77. The van der Waals surface area contributed by atoms with Crippen LogP contribution in [0.5, 0.6) is 5.75 Å². The third kappa shape index (κ3) is 5.99. The van der Waals surface area contributed by atoms with Crippen molar-refractivity contribution in [3.05, 3.63) is 28.2 Å². The van der Waals surface area contributed by atoms with Gasteiger partial charge in [0.25, 0.3) is 0 Å². The molecule has 0 amide bonds. The molecule has 0 bridgehead atoms. The topological polar surface area (TPSA) is 21.3 Å². The van der Waals surface area contributed by atoms with Crippen LogP contribution in [0.3, 0.4) is 0 Å². The van der Waals surface area contributed by atoms with Gasteiger partial charge < -0.3 is 10.1 Å². The first-order valence-electron chi connectivity index (χ1n) is 7.83. The maximum Gasteiger partial charge on any atom is 0.133 e. The van der Waals surface area contributed by atoms with Crippen LogP contribution in [0, 0.1) is 11.3 Å². The zero-order valence-electron chi connectivity index (χ0n) is 14.3. The van der Waals surface area contributed by atoms with Gasteiger partial charge in [-0.05, 0) is 64.3 Å². The van der Waals surface area contributed by atoms with Gasteiger partial charge in [-0.15, -0.1) is 0 Å². The van der Waals surface area contributed by atoms with Crippen molar-refractivity contribution in [1.29, 1.82) is 0 Å². The van der Waals surface area contributed by atoms with Gasteiger partial charge in [-0.3, -0.25) is 0 Å². The second-order valence-electron chi connectivity index (χ2n) is 6.93. The molecule has 0 aliphatic rings. The zero-order chi connectivity index (χ0) is 16.0. The van der Waals surface area contributed by atoms with Gasteiger partial charge in [-0.25, -0.2) is 0 Å². The standard InChI is InChI=1S/C18H30BrNO/c1-7-20-15(10-13(2)18(3,4)5)11-14-8-9-17(21-6)16(19)12-14/h8-9,12-13,15,20H,7,10-11H2,1-6H3. The number of rotatable bonds is 7. The van der Waals surface area contributed by atoms with Gasteiger partial charge in [0.05, 0.1) is 11.6 Å². The summed E-state index contributed by atoms with van der Waals surface area (Å²) in [5, 5.41) is 3.64. The fourth-order valence-corrected chi connectivity index (χ4v) is 3.02. The predicted octanol–water partition coefficient (Wildman–Crippen LogP) is 5.05. The molecular weight excluding hydrogens is 326 g/mol. The van der Waals surface area contributed by atoms with Crippen LogP contribution in [-0.4, -0.2) is 19.7 Å². The summed E-state index contributed by atoms with van der Waals surface area (Å²) in [7, 11) is 1.70. The Bertz CT molecular complexity index is 439. The van der Waals surface area contributed by atoms with E-state index in [0.29, 0.717) is 17.4 Å². The molecule has 0 saturated carbocycles. The summed E-state index contributed by atoms with van der Waals surface area (Å²) in [5.74, 6) is 1.57. The number of benzene rings is 1. The molecule has 0 aliphatic heterocycles. The fourth-order valence-electron chi connectivity index (χ4n) is 2.43. The van der Waals surface area contributed by atoms with E-state index in [4.69, 9.17) is 4.74 Å². The Kier molecular flexibility index (Phi) is 7.22. The lowest BCUT2D eigenvalue weighted by atomic mass is 9.78. The van der Waals surface area contributed by atoms with Crippen molar-refractivity contribution >= 4 is 15.9 Å². The van der Waals surface area contributed by atoms with Crippen molar-refractivity contribution in [2.75, 3.05) is 13.7 Å². The quantitative estimate of drug-likeness (QED) is 0.738. The molecule has 0 radical (unpaired) electrons. The van der Waals surface area contributed by atoms with Crippen molar-refractivity contribution in [2.24, 2.45) is 11.3 Å². The maximum absolute atomic E-state index is 5.30. The lowest BCUT2D eigenvalue weighted by molar-refractivity contribution is 0.222. The molecule has 3 heteroatoms. The minimum atomic E-state index is 0.355. The molecular formula is C18H30BrNO. The molecule has 1 aromatic carbocycles.